The third kappa shape index (κ3) is 8.22. The summed E-state index contributed by atoms with van der Waals surface area (Å²) in [5.41, 5.74) is 5.83. The Morgan fingerprint density at radius 1 is 1.37 bits per heavy atom. The maximum absolute atomic E-state index is 11.6. The van der Waals surface area contributed by atoms with Crippen molar-refractivity contribution in [3.05, 3.63) is 0 Å². The first kappa shape index (κ1) is 16.4. The van der Waals surface area contributed by atoms with Crippen molar-refractivity contribution in [3.8, 4) is 0 Å². The molecule has 1 saturated carbocycles. The smallest absolute Gasteiger partial charge is 0.221 e. The first-order valence-corrected chi connectivity index (χ1v) is 7.86. The monoisotopic (exact) mass is 270 g/mol. The number of amides is 1. The lowest BCUT2D eigenvalue weighted by atomic mass is 9.98. The van der Waals surface area contributed by atoms with Gasteiger partial charge in [0.05, 0.1) is 6.10 Å². The van der Waals surface area contributed by atoms with Gasteiger partial charge in [0, 0.05) is 25.6 Å². The van der Waals surface area contributed by atoms with E-state index < -0.39 is 0 Å². The van der Waals surface area contributed by atoms with Gasteiger partial charge >= 0.3 is 0 Å². The van der Waals surface area contributed by atoms with Crippen LogP contribution in [0.1, 0.15) is 64.7 Å². The highest BCUT2D eigenvalue weighted by molar-refractivity contribution is 5.76. The van der Waals surface area contributed by atoms with E-state index in [1.54, 1.807) is 0 Å². The quantitative estimate of drug-likeness (QED) is 0.632. The van der Waals surface area contributed by atoms with E-state index in [4.69, 9.17) is 10.5 Å². The van der Waals surface area contributed by atoms with Gasteiger partial charge in [-0.05, 0) is 25.7 Å². The number of carbonyl (C=O) groups excluding carboxylic acids is 1. The second kappa shape index (κ2) is 10.2. The van der Waals surface area contributed by atoms with Crippen molar-refractivity contribution < 1.29 is 9.53 Å². The number of ether oxygens (including phenoxy) is 1. The van der Waals surface area contributed by atoms with E-state index in [2.05, 4.69) is 12.2 Å². The van der Waals surface area contributed by atoms with Gasteiger partial charge in [0.25, 0.3) is 0 Å². The minimum absolute atomic E-state index is 0.00323. The Bertz CT molecular complexity index is 240. The topological polar surface area (TPSA) is 64.4 Å². The molecule has 0 aliphatic heterocycles. The predicted molar refractivity (Wildman–Crippen MR) is 78.0 cm³/mol. The van der Waals surface area contributed by atoms with Gasteiger partial charge in [0.15, 0.2) is 0 Å². The zero-order valence-electron chi connectivity index (χ0n) is 12.3. The van der Waals surface area contributed by atoms with Gasteiger partial charge < -0.3 is 15.8 Å². The zero-order valence-corrected chi connectivity index (χ0v) is 12.3. The first-order valence-electron chi connectivity index (χ1n) is 7.86. The molecule has 0 saturated heterocycles. The standard InChI is InChI=1S/C15H30N2O2/c1-2-7-13(16)12-15(18)17-10-6-11-19-14-8-4-3-5-9-14/h13-14H,2-12,16H2,1H3,(H,17,18). The zero-order chi connectivity index (χ0) is 13.9. The van der Waals surface area contributed by atoms with Crippen LogP contribution in [0.15, 0.2) is 0 Å². The van der Waals surface area contributed by atoms with E-state index in [0.29, 0.717) is 19.1 Å². The normalized spacial score (nSPS) is 18.2. The van der Waals surface area contributed by atoms with Crippen LogP contribution in [0.4, 0.5) is 0 Å². The minimum Gasteiger partial charge on any atom is -0.378 e. The Labute approximate surface area is 117 Å². The van der Waals surface area contributed by atoms with Crippen LogP contribution in [0.5, 0.6) is 0 Å². The Kier molecular flexibility index (Phi) is 8.84. The van der Waals surface area contributed by atoms with E-state index in [0.717, 1.165) is 25.9 Å². The number of hydrogen-bond acceptors (Lipinski definition) is 3. The van der Waals surface area contributed by atoms with Crippen molar-refractivity contribution in [2.45, 2.75) is 76.9 Å². The Hall–Kier alpha value is -0.610. The summed E-state index contributed by atoms with van der Waals surface area (Å²) in [6.45, 7) is 3.54. The molecule has 1 atom stereocenters. The molecule has 1 amide bonds. The average molecular weight is 270 g/mol. The number of carbonyl (C=O) groups is 1. The molecule has 0 aromatic carbocycles. The SMILES string of the molecule is CCCC(N)CC(=O)NCCCOC1CCCCC1. The molecular formula is C15H30N2O2. The molecular weight excluding hydrogens is 240 g/mol. The predicted octanol–water partition coefficient (Wildman–Crippen LogP) is 2.36. The Morgan fingerprint density at radius 3 is 2.79 bits per heavy atom. The van der Waals surface area contributed by atoms with Crippen molar-refractivity contribution >= 4 is 5.91 Å². The molecule has 0 radical (unpaired) electrons. The molecule has 1 aliphatic carbocycles. The van der Waals surface area contributed by atoms with Crippen molar-refractivity contribution in [2.24, 2.45) is 5.73 Å². The highest BCUT2D eigenvalue weighted by Crippen LogP contribution is 2.20. The number of rotatable bonds is 9. The third-order valence-corrected chi connectivity index (χ3v) is 3.66. The van der Waals surface area contributed by atoms with Crippen molar-refractivity contribution in [1.82, 2.24) is 5.32 Å². The van der Waals surface area contributed by atoms with Gasteiger partial charge in [-0.3, -0.25) is 4.79 Å². The summed E-state index contributed by atoms with van der Waals surface area (Å²) >= 11 is 0. The fraction of sp³-hybridized carbons (Fsp3) is 0.933. The molecule has 1 fully saturated rings. The van der Waals surface area contributed by atoms with Gasteiger partial charge in [-0.2, -0.15) is 0 Å². The van der Waals surface area contributed by atoms with Crippen molar-refractivity contribution in [2.75, 3.05) is 13.2 Å². The summed E-state index contributed by atoms with van der Waals surface area (Å²) in [5, 5.41) is 2.91. The van der Waals surface area contributed by atoms with E-state index >= 15 is 0 Å². The van der Waals surface area contributed by atoms with Gasteiger partial charge in [0.2, 0.25) is 5.91 Å². The Balaban J connectivity index is 1.93. The highest BCUT2D eigenvalue weighted by Gasteiger charge is 2.13. The lowest BCUT2D eigenvalue weighted by Crippen LogP contribution is -2.32. The van der Waals surface area contributed by atoms with Crippen molar-refractivity contribution in [3.63, 3.8) is 0 Å². The molecule has 4 nitrogen and oxygen atoms in total. The molecule has 0 spiro atoms. The fourth-order valence-corrected chi connectivity index (χ4v) is 2.56. The largest absolute Gasteiger partial charge is 0.378 e. The third-order valence-electron chi connectivity index (χ3n) is 3.66. The molecule has 1 aliphatic rings. The summed E-state index contributed by atoms with van der Waals surface area (Å²) in [7, 11) is 0. The van der Waals surface area contributed by atoms with E-state index in [1.165, 1.54) is 32.1 Å². The minimum atomic E-state index is 0.00323. The summed E-state index contributed by atoms with van der Waals surface area (Å²) in [4.78, 5) is 11.6. The van der Waals surface area contributed by atoms with E-state index in [1.807, 2.05) is 0 Å². The molecule has 112 valence electrons. The molecule has 0 aromatic heterocycles. The summed E-state index contributed by atoms with van der Waals surface area (Å²) in [6.07, 6.45) is 10.1. The fourth-order valence-electron chi connectivity index (χ4n) is 2.56. The van der Waals surface area contributed by atoms with Gasteiger partial charge in [-0.1, -0.05) is 32.6 Å². The lowest BCUT2D eigenvalue weighted by Gasteiger charge is -2.21. The Morgan fingerprint density at radius 2 is 2.11 bits per heavy atom. The first-order chi connectivity index (χ1) is 9.22. The molecule has 4 heteroatoms. The second-order valence-corrected chi connectivity index (χ2v) is 5.59. The molecule has 0 bridgehead atoms. The molecule has 0 heterocycles. The number of nitrogens with one attached hydrogen (secondary N) is 1. The maximum Gasteiger partial charge on any atom is 0.221 e. The van der Waals surface area contributed by atoms with Crippen LogP contribution in [0.2, 0.25) is 0 Å². The van der Waals surface area contributed by atoms with Crippen LogP contribution in [0.3, 0.4) is 0 Å². The molecule has 1 rings (SSSR count). The highest BCUT2D eigenvalue weighted by atomic mass is 16.5. The second-order valence-electron chi connectivity index (χ2n) is 5.59. The summed E-state index contributed by atoms with van der Waals surface area (Å²) in [6, 6.07) is 0.00323. The van der Waals surface area contributed by atoms with Crippen LogP contribution in [0.25, 0.3) is 0 Å². The number of hydrogen-bond donors (Lipinski definition) is 2. The van der Waals surface area contributed by atoms with Crippen LogP contribution in [-0.4, -0.2) is 31.2 Å². The van der Waals surface area contributed by atoms with Crippen LogP contribution >= 0.6 is 0 Å². The van der Waals surface area contributed by atoms with E-state index in [-0.39, 0.29) is 11.9 Å². The van der Waals surface area contributed by atoms with Gasteiger partial charge in [-0.15, -0.1) is 0 Å². The lowest BCUT2D eigenvalue weighted by molar-refractivity contribution is -0.121. The summed E-state index contributed by atoms with van der Waals surface area (Å²) < 4.78 is 5.81. The van der Waals surface area contributed by atoms with Gasteiger partial charge in [0.1, 0.15) is 0 Å². The molecule has 3 N–H and O–H groups in total. The summed E-state index contributed by atoms with van der Waals surface area (Å²) in [5.74, 6) is 0.0682. The van der Waals surface area contributed by atoms with E-state index in [9.17, 15) is 4.79 Å². The average Bonchev–Trinajstić information content (AvgIpc) is 2.39. The molecule has 0 aromatic rings. The van der Waals surface area contributed by atoms with Crippen LogP contribution < -0.4 is 11.1 Å². The van der Waals surface area contributed by atoms with Gasteiger partial charge in [-0.25, -0.2) is 0 Å². The maximum atomic E-state index is 11.6. The number of nitrogens with two attached hydrogens (primary N) is 1. The molecule has 1 unspecified atom stereocenters. The van der Waals surface area contributed by atoms with Crippen LogP contribution in [-0.2, 0) is 9.53 Å². The van der Waals surface area contributed by atoms with Crippen LogP contribution in [0, 0.1) is 0 Å². The van der Waals surface area contributed by atoms with Crippen molar-refractivity contribution in [1.29, 1.82) is 0 Å². The molecule has 19 heavy (non-hydrogen) atoms.